The van der Waals surface area contributed by atoms with Gasteiger partial charge in [0.2, 0.25) is 0 Å². The zero-order valence-electron chi connectivity index (χ0n) is 49.7. The largest absolute Gasteiger partial charge is 0.497 e. The summed E-state index contributed by atoms with van der Waals surface area (Å²) in [6.07, 6.45) is 3.00. The van der Waals surface area contributed by atoms with E-state index in [1.165, 1.54) is 18.2 Å². The molecule has 4 aromatic rings. The minimum atomic E-state index is -3.98. The lowest BCUT2D eigenvalue weighted by Gasteiger charge is -2.42. The fourth-order valence-corrected chi connectivity index (χ4v) is 15.3. The van der Waals surface area contributed by atoms with E-state index in [4.69, 9.17) is 37.3 Å². The van der Waals surface area contributed by atoms with E-state index in [1.807, 2.05) is 24.3 Å². The molecule has 0 saturated carbocycles. The third-order valence-electron chi connectivity index (χ3n) is 18.0. The summed E-state index contributed by atoms with van der Waals surface area (Å²) < 4.78 is 97.1. The molecule has 0 aromatic heterocycles. The van der Waals surface area contributed by atoms with E-state index in [1.54, 1.807) is 14.2 Å². The molecule has 7 rings (SSSR count). The highest BCUT2D eigenvalue weighted by Gasteiger charge is 2.51. The van der Waals surface area contributed by atoms with Gasteiger partial charge in [0, 0.05) is 32.5 Å². The highest BCUT2D eigenvalue weighted by Crippen LogP contribution is 2.45. The molecule has 0 bridgehead atoms. The Hall–Kier alpha value is -3.81. The second kappa shape index (κ2) is 26.2. The molecule has 0 unspecified atom stereocenters. The van der Waals surface area contributed by atoms with Crippen molar-refractivity contribution in [3.8, 4) is 5.75 Å². The molecule has 79 heavy (non-hydrogen) atoms. The summed E-state index contributed by atoms with van der Waals surface area (Å²) in [5, 5.41) is -0.0762. The molecule has 14 heteroatoms. The molecule has 0 radical (unpaired) electrons. The predicted octanol–water partition coefficient (Wildman–Crippen LogP) is 14.8. The number of methoxy groups -OCH3 is 2. The Morgan fingerprint density at radius 2 is 1.33 bits per heavy atom. The Labute approximate surface area is 476 Å². The van der Waals surface area contributed by atoms with Crippen LogP contribution in [0.15, 0.2) is 138 Å². The van der Waals surface area contributed by atoms with Crippen molar-refractivity contribution < 1.29 is 50.1 Å². The van der Waals surface area contributed by atoms with E-state index < -0.39 is 68.2 Å². The Balaban J connectivity index is 1.03. The molecule has 3 fully saturated rings. The molecule has 0 N–H and O–H groups in total. The first-order chi connectivity index (χ1) is 37.2. The molecule has 3 saturated heterocycles. The minimum Gasteiger partial charge on any atom is -0.497 e. The average molecular weight is 1140 g/mol. The van der Waals surface area contributed by atoms with E-state index in [0.29, 0.717) is 26.1 Å². The third-order valence-corrected chi connectivity index (χ3v) is 28.9. The van der Waals surface area contributed by atoms with Crippen LogP contribution in [0.5, 0.6) is 5.75 Å². The topological polar surface area (TPSA) is 108 Å². The predicted molar refractivity (Wildman–Crippen MR) is 320 cm³/mol. The Morgan fingerprint density at radius 1 is 0.722 bits per heavy atom. The molecule has 3 aliphatic heterocycles. The molecule has 0 spiro atoms. The molecule has 3 heterocycles. The van der Waals surface area contributed by atoms with Crippen LogP contribution in [0.3, 0.4) is 0 Å². The SMILES string of the molecule is C=C1C[C@H](CCCOC(c2ccccc2)(c2ccccc2)c2ccc(OC)cc2)O[C@H]1CC[C@H]1C[C@@H](C)C(=C)[C@@H](C[C@@H]2O[C@H](C[C@@H](CO[Si](C)(C)C(C)(C)C)O[Si](C)(C)C(C)(C)C)[C@H](OC)[C@H]2CS(=O)(=O)c2cccc(F)c2)O1. The van der Waals surface area contributed by atoms with Crippen LogP contribution in [0, 0.1) is 17.7 Å². The van der Waals surface area contributed by atoms with Crippen molar-refractivity contribution in [1.82, 2.24) is 0 Å². The van der Waals surface area contributed by atoms with Gasteiger partial charge in [-0.2, -0.15) is 0 Å². The average Bonchev–Trinajstić information content (AvgIpc) is 3.95. The summed E-state index contributed by atoms with van der Waals surface area (Å²) >= 11 is 0. The Kier molecular flexibility index (Phi) is 20.8. The highest BCUT2D eigenvalue weighted by molar-refractivity contribution is 7.91. The zero-order chi connectivity index (χ0) is 57.6. The van der Waals surface area contributed by atoms with E-state index >= 15 is 0 Å². The van der Waals surface area contributed by atoms with Gasteiger partial charge in [0.05, 0.1) is 73.2 Å². The fourth-order valence-electron chi connectivity index (χ4n) is 11.2. The standard InChI is InChI=1S/C65H93FO10SSi2/c1-45-38-54(35-36-58-46(2)39-53(73-58)29-23-37-71-65(48-24-18-16-19-25-48,49-26-20-17-21-27-49)50-31-33-52(69-10)34-32-50)74-59(47(45)3)42-60-57(44-77(67,68)56-30-22-28-51(66)40-56)62(70-11)61(75-60)41-55(76-79(14,15)64(7,8)9)43-72-78(12,13)63(4,5)6/h16-22,24-28,30-34,40,45,53-55,57-62H,2-3,23,29,35-39,41-44H2,1,4-15H3/t45-,53+,54+,55+,57+,58+,59-,60+,61-,62-/m1/s1. The van der Waals surface area contributed by atoms with Crippen LogP contribution < -0.4 is 4.74 Å². The molecule has 10 atom stereocenters. The second-order valence-corrected chi connectivity index (χ2v) is 37.2. The van der Waals surface area contributed by atoms with Crippen LogP contribution in [0.4, 0.5) is 4.39 Å². The molecule has 4 aromatic carbocycles. The van der Waals surface area contributed by atoms with Gasteiger partial charge in [0.25, 0.3) is 0 Å². The molecule has 10 nitrogen and oxygen atoms in total. The number of hydrogen-bond acceptors (Lipinski definition) is 10. The first-order valence-corrected chi connectivity index (χ1v) is 36.2. The van der Waals surface area contributed by atoms with E-state index in [2.05, 4.69) is 148 Å². The Morgan fingerprint density at radius 3 is 1.91 bits per heavy atom. The van der Waals surface area contributed by atoms with Crippen molar-refractivity contribution in [2.24, 2.45) is 11.8 Å². The molecule has 0 aliphatic carbocycles. The van der Waals surface area contributed by atoms with Crippen molar-refractivity contribution in [3.63, 3.8) is 0 Å². The van der Waals surface area contributed by atoms with Gasteiger partial charge in [0.15, 0.2) is 26.5 Å². The van der Waals surface area contributed by atoms with Crippen LogP contribution >= 0.6 is 0 Å². The number of rotatable bonds is 25. The fraction of sp³-hybridized carbons (Fsp3) is 0.569. The lowest BCUT2D eigenvalue weighted by molar-refractivity contribution is -0.0783. The smallest absolute Gasteiger partial charge is 0.192 e. The van der Waals surface area contributed by atoms with Crippen molar-refractivity contribution in [3.05, 3.63) is 156 Å². The summed E-state index contributed by atoms with van der Waals surface area (Å²) in [6.45, 7) is 34.5. The first kappa shape index (κ1) is 62.8. The summed E-state index contributed by atoms with van der Waals surface area (Å²) in [5.41, 5.74) is 4.35. The minimum absolute atomic E-state index is 0.0102. The molecular formula is C65H93FO10SSi2. The van der Waals surface area contributed by atoms with E-state index in [9.17, 15) is 12.8 Å². The Bertz CT molecular complexity index is 2680. The van der Waals surface area contributed by atoms with Gasteiger partial charge in [-0.1, -0.05) is 140 Å². The lowest BCUT2D eigenvalue weighted by Crippen LogP contribution is -2.49. The highest BCUT2D eigenvalue weighted by atomic mass is 32.2. The molecule has 3 aliphatic rings. The quantitative estimate of drug-likeness (QED) is 0.0275. The van der Waals surface area contributed by atoms with Crippen LogP contribution in [0.1, 0.15) is 117 Å². The van der Waals surface area contributed by atoms with Gasteiger partial charge >= 0.3 is 0 Å². The maximum absolute atomic E-state index is 14.6. The van der Waals surface area contributed by atoms with Gasteiger partial charge < -0.3 is 37.3 Å². The lowest BCUT2D eigenvalue weighted by atomic mass is 9.80. The maximum Gasteiger partial charge on any atom is 0.192 e. The summed E-state index contributed by atoms with van der Waals surface area (Å²) in [5.74, 6) is -0.558. The monoisotopic (exact) mass is 1140 g/mol. The van der Waals surface area contributed by atoms with Crippen LogP contribution in [-0.4, -0.2) is 107 Å². The molecular weight excluding hydrogens is 1050 g/mol. The number of benzene rings is 4. The zero-order valence-corrected chi connectivity index (χ0v) is 52.5. The molecule has 434 valence electrons. The van der Waals surface area contributed by atoms with Crippen molar-refractivity contribution in [1.29, 1.82) is 0 Å². The maximum atomic E-state index is 14.6. The third kappa shape index (κ3) is 15.3. The number of ether oxygens (including phenoxy) is 6. The van der Waals surface area contributed by atoms with Gasteiger partial charge in [-0.05, 0) is 139 Å². The van der Waals surface area contributed by atoms with Gasteiger partial charge in [0.1, 0.15) is 17.2 Å². The summed E-state index contributed by atoms with van der Waals surface area (Å²) in [4.78, 5) is -0.0670. The van der Waals surface area contributed by atoms with Crippen molar-refractivity contribution >= 4 is 26.5 Å². The van der Waals surface area contributed by atoms with Crippen LogP contribution in [0.2, 0.25) is 36.3 Å². The normalized spacial score (nSPS) is 25.0. The summed E-state index contributed by atoms with van der Waals surface area (Å²) in [7, 11) is -5.18. The van der Waals surface area contributed by atoms with Crippen LogP contribution in [-0.2, 0) is 48.0 Å². The van der Waals surface area contributed by atoms with Crippen molar-refractivity contribution in [2.75, 3.05) is 33.2 Å². The van der Waals surface area contributed by atoms with Crippen molar-refractivity contribution in [2.45, 2.75) is 195 Å². The second-order valence-electron chi connectivity index (χ2n) is 25.6. The number of sulfone groups is 1. The summed E-state index contributed by atoms with van der Waals surface area (Å²) in [6, 6.07) is 34.2. The van der Waals surface area contributed by atoms with E-state index in [-0.39, 0.29) is 51.1 Å². The molecule has 0 amide bonds. The van der Waals surface area contributed by atoms with Gasteiger partial charge in [-0.25, -0.2) is 12.8 Å². The number of halogens is 1. The number of hydrogen-bond donors (Lipinski definition) is 0. The van der Waals surface area contributed by atoms with Gasteiger partial charge in [-0.15, -0.1) is 0 Å². The van der Waals surface area contributed by atoms with Crippen LogP contribution in [0.25, 0.3) is 0 Å². The van der Waals surface area contributed by atoms with E-state index in [0.717, 1.165) is 78.2 Å². The van der Waals surface area contributed by atoms with Gasteiger partial charge in [-0.3, -0.25) is 0 Å². The first-order valence-electron chi connectivity index (χ1n) is 28.7.